The quantitative estimate of drug-likeness (QED) is 0.449. The average Bonchev–Trinajstić information content (AvgIpc) is 1.92. The minimum atomic E-state index is -1.75. The second kappa shape index (κ2) is 3.88. The molecule has 0 aliphatic carbocycles. The van der Waals surface area contributed by atoms with Crippen molar-refractivity contribution >= 4 is 16.8 Å². The van der Waals surface area contributed by atoms with Crippen molar-refractivity contribution in [3.05, 3.63) is 0 Å². The van der Waals surface area contributed by atoms with E-state index in [4.69, 9.17) is 11.6 Å². The summed E-state index contributed by atoms with van der Waals surface area (Å²) in [5.74, 6) is -1.75. The van der Waals surface area contributed by atoms with Gasteiger partial charge in [-0.25, -0.2) is 0 Å². The van der Waals surface area contributed by atoms with Gasteiger partial charge in [0, 0.05) is 21.3 Å². The Kier molecular flexibility index (Phi) is 3.81. The summed E-state index contributed by atoms with van der Waals surface area (Å²) in [6.45, 7) is 0. The summed E-state index contributed by atoms with van der Waals surface area (Å²) in [5, 5.41) is -0.847. The fraction of sp³-hybridized carbons (Fsp3) is 0.800. The molecule has 0 fully saturated rings. The predicted octanol–water partition coefficient (Wildman–Crippen LogP) is 0.345. The van der Waals surface area contributed by atoms with E-state index < -0.39 is 11.2 Å². The normalized spacial score (nSPS) is 11.6. The zero-order chi connectivity index (χ0) is 8.20. The van der Waals surface area contributed by atoms with Gasteiger partial charge in [0.05, 0.1) is 0 Å². The molecule has 0 aromatic rings. The van der Waals surface area contributed by atoms with Crippen molar-refractivity contribution in [1.82, 2.24) is 0 Å². The molecular formula is C5H9ClO4. The number of carbonyl (C=O) groups excluding carboxylic acids is 1. The van der Waals surface area contributed by atoms with E-state index >= 15 is 0 Å². The molecule has 0 atom stereocenters. The van der Waals surface area contributed by atoms with E-state index in [1.165, 1.54) is 21.3 Å². The smallest absolute Gasteiger partial charge is 0.324 e. The Morgan fingerprint density at radius 2 is 1.50 bits per heavy atom. The molecule has 0 heterocycles. The SMILES string of the molecule is COC(OC)(OC)C(=O)Cl. The van der Waals surface area contributed by atoms with Gasteiger partial charge in [-0.2, -0.15) is 0 Å². The van der Waals surface area contributed by atoms with E-state index in [1.807, 2.05) is 0 Å². The van der Waals surface area contributed by atoms with E-state index in [0.29, 0.717) is 0 Å². The Labute approximate surface area is 64.0 Å². The third-order valence-corrected chi connectivity index (χ3v) is 1.28. The molecule has 0 bridgehead atoms. The molecule has 5 heteroatoms. The largest absolute Gasteiger partial charge is 0.362 e. The molecular weight excluding hydrogens is 160 g/mol. The lowest BCUT2D eigenvalue weighted by atomic mass is 10.6. The molecule has 0 aliphatic heterocycles. The van der Waals surface area contributed by atoms with Gasteiger partial charge >= 0.3 is 11.2 Å². The lowest BCUT2D eigenvalue weighted by Gasteiger charge is -2.23. The lowest BCUT2D eigenvalue weighted by molar-refractivity contribution is -0.320. The summed E-state index contributed by atoms with van der Waals surface area (Å²) in [6.07, 6.45) is 0. The topological polar surface area (TPSA) is 44.8 Å². The monoisotopic (exact) mass is 168 g/mol. The maximum Gasteiger partial charge on any atom is 0.362 e. The van der Waals surface area contributed by atoms with Crippen LogP contribution in [0, 0.1) is 0 Å². The molecule has 0 radical (unpaired) electrons. The number of halogens is 1. The number of rotatable bonds is 4. The van der Waals surface area contributed by atoms with Gasteiger partial charge in [-0.15, -0.1) is 0 Å². The van der Waals surface area contributed by atoms with Crippen LogP contribution in [-0.4, -0.2) is 32.5 Å². The molecule has 0 unspecified atom stereocenters. The molecule has 4 nitrogen and oxygen atoms in total. The zero-order valence-electron chi connectivity index (χ0n) is 6.01. The molecule has 60 valence electrons. The number of methoxy groups -OCH3 is 3. The van der Waals surface area contributed by atoms with Gasteiger partial charge in [0.15, 0.2) is 0 Å². The van der Waals surface area contributed by atoms with Crippen molar-refractivity contribution in [1.29, 1.82) is 0 Å². The predicted molar refractivity (Wildman–Crippen MR) is 34.6 cm³/mol. The molecule has 0 saturated carbocycles. The number of carbonyl (C=O) groups is 1. The van der Waals surface area contributed by atoms with Gasteiger partial charge in [0.2, 0.25) is 0 Å². The van der Waals surface area contributed by atoms with Gasteiger partial charge < -0.3 is 14.2 Å². The minimum absolute atomic E-state index is 0.847. The Balaban J connectivity index is 4.31. The Hall–Kier alpha value is -0.160. The van der Waals surface area contributed by atoms with Crippen LogP contribution in [0.3, 0.4) is 0 Å². The van der Waals surface area contributed by atoms with Crippen molar-refractivity contribution in [2.24, 2.45) is 0 Å². The van der Waals surface area contributed by atoms with Crippen molar-refractivity contribution < 1.29 is 19.0 Å². The van der Waals surface area contributed by atoms with Gasteiger partial charge in [-0.05, 0) is 11.6 Å². The molecule has 0 aromatic heterocycles. The van der Waals surface area contributed by atoms with Crippen LogP contribution in [0.25, 0.3) is 0 Å². The highest BCUT2D eigenvalue weighted by Gasteiger charge is 2.38. The van der Waals surface area contributed by atoms with Crippen molar-refractivity contribution in [2.45, 2.75) is 5.97 Å². The number of hydrogen-bond acceptors (Lipinski definition) is 4. The van der Waals surface area contributed by atoms with Crippen LogP contribution in [0.2, 0.25) is 0 Å². The van der Waals surface area contributed by atoms with Crippen molar-refractivity contribution in [2.75, 3.05) is 21.3 Å². The first-order valence-corrected chi connectivity index (χ1v) is 2.86. The standard InChI is InChI=1S/C5H9ClO4/c1-8-5(9-2,10-3)4(6)7/h1-3H3. The maximum absolute atomic E-state index is 10.5. The first-order valence-electron chi connectivity index (χ1n) is 2.48. The van der Waals surface area contributed by atoms with Gasteiger partial charge in [0.25, 0.3) is 0 Å². The van der Waals surface area contributed by atoms with E-state index in [0.717, 1.165) is 0 Å². The minimum Gasteiger partial charge on any atom is -0.324 e. The van der Waals surface area contributed by atoms with Crippen LogP contribution >= 0.6 is 11.6 Å². The molecule has 10 heavy (non-hydrogen) atoms. The highest BCUT2D eigenvalue weighted by molar-refractivity contribution is 6.65. The van der Waals surface area contributed by atoms with Crippen molar-refractivity contribution in [3.63, 3.8) is 0 Å². The van der Waals surface area contributed by atoms with Gasteiger partial charge in [0.1, 0.15) is 0 Å². The third-order valence-electron chi connectivity index (χ3n) is 1.05. The van der Waals surface area contributed by atoms with Crippen LogP contribution in [-0.2, 0) is 19.0 Å². The Morgan fingerprint density at radius 1 is 1.20 bits per heavy atom. The van der Waals surface area contributed by atoms with E-state index in [-0.39, 0.29) is 0 Å². The van der Waals surface area contributed by atoms with Gasteiger partial charge in [-0.1, -0.05) is 0 Å². The summed E-state index contributed by atoms with van der Waals surface area (Å²) < 4.78 is 13.7. The van der Waals surface area contributed by atoms with E-state index in [2.05, 4.69) is 14.2 Å². The summed E-state index contributed by atoms with van der Waals surface area (Å²) >= 11 is 5.09. The maximum atomic E-state index is 10.5. The van der Waals surface area contributed by atoms with Crippen LogP contribution in [0.5, 0.6) is 0 Å². The fourth-order valence-corrected chi connectivity index (χ4v) is 0.722. The Morgan fingerprint density at radius 3 is 1.50 bits per heavy atom. The highest BCUT2D eigenvalue weighted by Crippen LogP contribution is 2.14. The fourth-order valence-electron chi connectivity index (χ4n) is 0.491. The van der Waals surface area contributed by atoms with Crippen LogP contribution < -0.4 is 0 Å². The van der Waals surface area contributed by atoms with Crippen molar-refractivity contribution in [3.8, 4) is 0 Å². The second-order valence-electron chi connectivity index (χ2n) is 1.44. The van der Waals surface area contributed by atoms with Crippen LogP contribution in [0.15, 0.2) is 0 Å². The first kappa shape index (κ1) is 9.84. The second-order valence-corrected chi connectivity index (χ2v) is 1.79. The summed E-state index contributed by atoms with van der Waals surface area (Å²) in [7, 11) is 3.77. The zero-order valence-corrected chi connectivity index (χ0v) is 6.77. The summed E-state index contributed by atoms with van der Waals surface area (Å²) in [4.78, 5) is 10.5. The van der Waals surface area contributed by atoms with E-state index in [9.17, 15) is 4.79 Å². The molecule has 0 amide bonds. The average molecular weight is 169 g/mol. The first-order chi connectivity index (χ1) is 4.63. The molecule has 0 N–H and O–H groups in total. The molecule has 0 spiro atoms. The lowest BCUT2D eigenvalue weighted by Crippen LogP contribution is -2.41. The highest BCUT2D eigenvalue weighted by atomic mass is 35.5. The van der Waals surface area contributed by atoms with Crippen LogP contribution in [0.4, 0.5) is 0 Å². The third kappa shape index (κ3) is 1.67. The Bertz CT molecular complexity index is 113. The molecule has 0 saturated heterocycles. The molecule has 0 rings (SSSR count). The summed E-state index contributed by atoms with van der Waals surface area (Å²) in [6, 6.07) is 0. The van der Waals surface area contributed by atoms with Crippen LogP contribution in [0.1, 0.15) is 0 Å². The van der Waals surface area contributed by atoms with Gasteiger partial charge in [-0.3, -0.25) is 4.79 Å². The number of ether oxygens (including phenoxy) is 3. The summed E-state index contributed by atoms with van der Waals surface area (Å²) in [5.41, 5.74) is 0. The molecule has 0 aliphatic rings. The number of hydrogen-bond donors (Lipinski definition) is 0. The molecule has 0 aromatic carbocycles. The van der Waals surface area contributed by atoms with E-state index in [1.54, 1.807) is 0 Å².